The zero-order valence-electron chi connectivity index (χ0n) is 17.8. The normalized spacial score (nSPS) is 11.9. The lowest BCUT2D eigenvalue weighted by atomic mass is 10.1. The van der Waals surface area contributed by atoms with E-state index in [1.54, 1.807) is 24.0 Å². The number of carbonyl (C=O) groups is 1. The van der Waals surface area contributed by atoms with Gasteiger partial charge in [-0.15, -0.1) is 0 Å². The summed E-state index contributed by atoms with van der Waals surface area (Å²) < 4.78 is 25.2. The van der Waals surface area contributed by atoms with Gasteiger partial charge < -0.3 is 4.90 Å². The van der Waals surface area contributed by atoms with Gasteiger partial charge in [-0.25, -0.2) is 13.4 Å². The van der Waals surface area contributed by atoms with Crippen LogP contribution in [-0.2, 0) is 16.3 Å². The molecule has 3 rings (SSSR count). The first kappa shape index (κ1) is 22.4. The molecule has 0 saturated heterocycles. The number of amides is 1. The summed E-state index contributed by atoms with van der Waals surface area (Å²) in [5, 5.41) is 0.656. The topological polar surface area (TPSA) is 70.6 Å². The molecule has 0 bridgehead atoms. The van der Waals surface area contributed by atoms with Gasteiger partial charge in [-0.1, -0.05) is 37.3 Å². The number of thiazole rings is 1. The lowest BCUT2D eigenvalue weighted by Crippen LogP contribution is -2.36. The summed E-state index contributed by atoms with van der Waals surface area (Å²) in [6.45, 7) is 4.87. The number of benzene rings is 2. The standard InChI is InChI=1S/C22H27N3O3S2/c1-5-16-8-7-9-19-20(16)23-22(29-19)25(15-14-24(3)4)21(26)17-10-12-18(13-11-17)30(27,28)6-2/h7-13H,5-6,14-15H2,1-4H3. The average Bonchev–Trinajstić information content (AvgIpc) is 3.17. The fourth-order valence-electron chi connectivity index (χ4n) is 3.11. The van der Waals surface area contributed by atoms with Crippen LogP contribution in [0.15, 0.2) is 47.4 Å². The minimum atomic E-state index is -3.30. The molecule has 6 nitrogen and oxygen atoms in total. The molecule has 0 radical (unpaired) electrons. The summed E-state index contributed by atoms with van der Waals surface area (Å²) >= 11 is 1.50. The molecule has 1 heterocycles. The molecule has 2 aromatic carbocycles. The van der Waals surface area contributed by atoms with Crippen LogP contribution in [0, 0.1) is 0 Å². The van der Waals surface area contributed by atoms with Gasteiger partial charge in [0.05, 0.1) is 20.9 Å². The molecule has 3 aromatic rings. The van der Waals surface area contributed by atoms with Crippen LogP contribution in [-0.4, -0.2) is 57.1 Å². The third kappa shape index (κ3) is 4.71. The Kier molecular flexibility index (Phi) is 6.90. The van der Waals surface area contributed by atoms with Gasteiger partial charge in [-0.05, 0) is 56.4 Å². The molecule has 160 valence electrons. The van der Waals surface area contributed by atoms with E-state index in [1.165, 1.54) is 23.5 Å². The molecule has 0 aliphatic heterocycles. The van der Waals surface area contributed by atoms with Crippen molar-refractivity contribution in [3.8, 4) is 0 Å². The lowest BCUT2D eigenvalue weighted by molar-refractivity contribution is 0.0985. The fourth-order valence-corrected chi connectivity index (χ4v) is 5.03. The molecule has 0 fully saturated rings. The van der Waals surface area contributed by atoms with Crippen LogP contribution in [0.25, 0.3) is 10.2 Å². The fraction of sp³-hybridized carbons (Fsp3) is 0.364. The molecular weight excluding hydrogens is 418 g/mol. The first-order valence-electron chi connectivity index (χ1n) is 9.94. The van der Waals surface area contributed by atoms with Gasteiger partial charge in [0.25, 0.3) is 5.91 Å². The third-order valence-electron chi connectivity index (χ3n) is 4.96. The quantitative estimate of drug-likeness (QED) is 0.527. The van der Waals surface area contributed by atoms with Crippen molar-refractivity contribution in [3.05, 3.63) is 53.6 Å². The van der Waals surface area contributed by atoms with Crippen molar-refractivity contribution in [1.29, 1.82) is 0 Å². The van der Waals surface area contributed by atoms with Crippen LogP contribution in [0.4, 0.5) is 5.13 Å². The largest absolute Gasteiger partial charge is 0.308 e. The van der Waals surface area contributed by atoms with Crippen LogP contribution < -0.4 is 4.90 Å². The lowest BCUT2D eigenvalue weighted by Gasteiger charge is -2.22. The van der Waals surface area contributed by atoms with E-state index in [-0.39, 0.29) is 16.6 Å². The molecule has 30 heavy (non-hydrogen) atoms. The number of aryl methyl sites for hydroxylation is 1. The van der Waals surface area contributed by atoms with Crippen molar-refractivity contribution in [3.63, 3.8) is 0 Å². The molecule has 0 N–H and O–H groups in total. The molecule has 0 aliphatic carbocycles. The Morgan fingerprint density at radius 2 is 1.73 bits per heavy atom. The molecule has 0 unspecified atom stereocenters. The smallest absolute Gasteiger partial charge is 0.260 e. The predicted octanol–water partition coefficient (Wildman–Crippen LogP) is 3.86. The minimum Gasteiger partial charge on any atom is -0.308 e. The molecule has 8 heteroatoms. The van der Waals surface area contributed by atoms with Crippen LogP contribution in [0.1, 0.15) is 29.8 Å². The van der Waals surface area contributed by atoms with E-state index in [4.69, 9.17) is 4.98 Å². The number of hydrogen-bond donors (Lipinski definition) is 0. The van der Waals surface area contributed by atoms with E-state index in [0.29, 0.717) is 23.8 Å². The molecule has 0 aliphatic rings. The minimum absolute atomic E-state index is 0.0285. The zero-order chi connectivity index (χ0) is 21.9. The molecular formula is C22H27N3O3S2. The van der Waals surface area contributed by atoms with Crippen molar-refractivity contribution in [2.45, 2.75) is 25.2 Å². The van der Waals surface area contributed by atoms with E-state index < -0.39 is 9.84 Å². The Bertz CT molecular complexity index is 1140. The SMILES string of the molecule is CCc1cccc2sc(N(CCN(C)C)C(=O)c3ccc(S(=O)(=O)CC)cc3)nc12. The number of sulfone groups is 1. The number of hydrogen-bond acceptors (Lipinski definition) is 6. The summed E-state index contributed by atoms with van der Waals surface area (Å²) in [5.41, 5.74) is 2.54. The summed E-state index contributed by atoms with van der Waals surface area (Å²) in [4.78, 5) is 22.1. The van der Waals surface area contributed by atoms with Gasteiger partial charge in [0, 0.05) is 18.7 Å². The number of rotatable bonds is 8. The number of para-hydroxylation sites is 1. The highest BCUT2D eigenvalue weighted by molar-refractivity contribution is 7.91. The maximum Gasteiger partial charge on any atom is 0.260 e. The van der Waals surface area contributed by atoms with Crippen molar-refractivity contribution in [1.82, 2.24) is 9.88 Å². The van der Waals surface area contributed by atoms with E-state index in [2.05, 4.69) is 13.0 Å². The van der Waals surface area contributed by atoms with Gasteiger partial charge in [0.1, 0.15) is 0 Å². The average molecular weight is 446 g/mol. The van der Waals surface area contributed by atoms with Gasteiger partial charge in [0.2, 0.25) is 0 Å². The number of aromatic nitrogens is 1. The van der Waals surface area contributed by atoms with Gasteiger partial charge in [-0.2, -0.15) is 0 Å². The molecule has 0 atom stereocenters. The van der Waals surface area contributed by atoms with E-state index in [1.807, 2.05) is 31.1 Å². The van der Waals surface area contributed by atoms with Crippen molar-refractivity contribution < 1.29 is 13.2 Å². The van der Waals surface area contributed by atoms with Crippen LogP contribution in [0.5, 0.6) is 0 Å². The van der Waals surface area contributed by atoms with Crippen molar-refractivity contribution in [2.24, 2.45) is 0 Å². The summed E-state index contributed by atoms with van der Waals surface area (Å²) in [6.07, 6.45) is 0.875. The van der Waals surface area contributed by atoms with E-state index in [0.717, 1.165) is 22.2 Å². The maximum absolute atomic E-state index is 13.3. The number of fused-ring (bicyclic) bond motifs is 1. The number of anilines is 1. The summed E-state index contributed by atoms with van der Waals surface area (Å²) in [6, 6.07) is 12.3. The van der Waals surface area contributed by atoms with Crippen molar-refractivity contribution >= 4 is 42.4 Å². The number of likely N-dealkylation sites (N-methyl/N-ethyl adjacent to an activating group) is 1. The Balaban J connectivity index is 1.98. The molecule has 0 saturated carbocycles. The maximum atomic E-state index is 13.3. The zero-order valence-corrected chi connectivity index (χ0v) is 19.4. The molecule has 1 aromatic heterocycles. The molecule has 1 amide bonds. The second kappa shape index (κ2) is 9.24. The summed E-state index contributed by atoms with van der Waals surface area (Å²) in [5.74, 6) is -0.157. The predicted molar refractivity (Wildman–Crippen MR) is 123 cm³/mol. The van der Waals surface area contributed by atoms with E-state index in [9.17, 15) is 13.2 Å². The highest BCUT2D eigenvalue weighted by atomic mass is 32.2. The number of carbonyl (C=O) groups excluding carboxylic acids is 1. The van der Waals surface area contributed by atoms with Crippen molar-refractivity contribution in [2.75, 3.05) is 37.8 Å². The summed E-state index contributed by atoms with van der Waals surface area (Å²) in [7, 11) is 0.616. The van der Waals surface area contributed by atoms with Gasteiger partial charge in [0.15, 0.2) is 15.0 Å². The Morgan fingerprint density at radius 1 is 1.03 bits per heavy atom. The second-order valence-electron chi connectivity index (χ2n) is 7.30. The van der Waals surface area contributed by atoms with Gasteiger partial charge in [-0.3, -0.25) is 9.69 Å². The Morgan fingerprint density at radius 3 is 2.33 bits per heavy atom. The second-order valence-corrected chi connectivity index (χ2v) is 10.6. The molecule has 0 spiro atoms. The van der Waals surface area contributed by atoms with Crippen LogP contribution >= 0.6 is 11.3 Å². The van der Waals surface area contributed by atoms with Crippen LogP contribution in [0.2, 0.25) is 0 Å². The Hall–Kier alpha value is -2.29. The monoisotopic (exact) mass is 445 g/mol. The van der Waals surface area contributed by atoms with Crippen LogP contribution in [0.3, 0.4) is 0 Å². The third-order valence-corrected chi connectivity index (χ3v) is 7.75. The van der Waals surface area contributed by atoms with E-state index >= 15 is 0 Å². The van der Waals surface area contributed by atoms with Gasteiger partial charge >= 0.3 is 0 Å². The first-order valence-corrected chi connectivity index (χ1v) is 12.4. The Labute approximate surface area is 182 Å². The highest BCUT2D eigenvalue weighted by Crippen LogP contribution is 2.32. The highest BCUT2D eigenvalue weighted by Gasteiger charge is 2.22. The first-order chi connectivity index (χ1) is 14.3. The number of nitrogens with zero attached hydrogens (tertiary/aromatic N) is 3.